The van der Waals surface area contributed by atoms with Crippen LogP contribution >= 0.6 is 0 Å². The fourth-order valence-electron chi connectivity index (χ4n) is 3.38. The van der Waals surface area contributed by atoms with Gasteiger partial charge in [0.1, 0.15) is 6.04 Å². The molecule has 0 spiro atoms. The van der Waals surface area contributed by atoms with E-state index in [2.05, 4.69) is 5.32 Å². The lowest BCUT2D eigenvalue weighted by atomic mass is 9.91. The first-order valence-corrected chi connectivity index (χ1v) is 9.69. The van der Waals surface area contributed by atoms with Crippen LogP contribution in [0.2, 0.25) is 0 Å². The highest BCUT2D eigenvalue weighted by molar-refractivity contribution is 5.89. The Kier molecular flexibility index (Phi) is 11.3. The number of carbonyl (C=O) groups is 4. The molecule has 0 saturated carbocycles. The molecule has 0 heterocycles. The number of carbonyl (C=O) groups excluding carboxylic acids is 3. The van der Waals surface area contributed by atoms with Crippen molar-refractivity contribution in [2.45, 2.75) is 58.7 Å². The normalized spacial score (nSPS) is 15.2. The average molecular weight is 417 g/mol. The summed E-state index contributed by atoms with van der Waals surface area (Å²) in [6, 6.07) is -1.33. The first kappa shape index (κ1) is 26.6. The molecule has 168 valence electrons. The van der Waals surface area contributed by atoms with Crippen molar-refractivity contribution >= 4 is 23.8 Å². The van der Waals surface area contributed by atoms with Gasteiger partial charge in [-0.2, -0.15) is 0 Å². The quantitative estimate of drug-likeness (QED) is 0.423. The molecule has 0 aromatic carbocycles. The minimum atomic E-state index is -1.23. The maximum absolute atomic E-state index is 12.7. The van der Waals surface area contributed by atoms with Crippen LogP contribution in [0.25, 0.3) is 0 Å². The van der Waals surface area contributed by atoms with E-state index in [-0.39, 0.29) is 30.7 Å². The van der Waals surface area contributed by atoms with Gasteiger partial charge < -0.3 is 25.8 Å². The standard InChI is InChI=1S/C19H36N4O6/c1-8-12(4)17(13(29-7)9-14(20)24)22(5)15(25)10-21-18(26)16(11(2)3)23(6)19(27)28/h11-13,16-17H,8-10H2,1-7H3,(H2,20,24)(H,21,26)(H,27,28)/t12-,13+,16-,17-/m0/s1. The summed E-state index contributed by atoms with van der Waals surface area (Å²) in [4.78, 5) is 50.2. The van der Waals surface area contributed by atoms with Crippen LogP contribution in [0.1, 0.15) is 40.5 Å². The monoisotopic (exact) mass is 416 g/mol. The zero-order valence-corrected chi connectivity index (χ0v) is 18.5. The third kappa shape index (κ3) is 7.88. The number of carboxylic acid groups (broad SMARTS) is 1. The highest BCUT2D eigenvalue weighted by atomic mass is 16.5. The van der Waals surface area contributed by atoms with Crippen molar-refractivity contribution < 1.29 is 29.0 Å². The van der Waals surface area contributed by atoms with Crippen LogP contribution in [-0.2, 0) is 19.1 Å². The Morgan fingerprint density at radius 3 is 2.03 bits per heavy atom. The molecule has 0 radical (unpaired) electrons. The zero-order valence-electron chi connectivity index (χ0n) is 18.5. The third-order valence-electron chi connectivity index (χ3n) is 5.19. The second-order valence-electron chi connectivity index (χ2n) is 7.63. The SMILES string of the molecule is CC[C@H](C)[C@@H]([C@@H](CC(N)=O)OC)N(C)C(=O)CNC(=O)[C@H](C(C)C)N(C)C(=O)O. The molecule has 10 heteroatoms. The number of nitrogens with zero attached hydrogens (tertiary/aromatic N) is 2. The number of methoxy groups -OCH3 is 1. The van der Waals surface area contributed by atoms with Crippen LogP contribution in [0.5, 0.6) is 0 Å². The summed E-state index contributed by atoms with van der Waals surface area (Å²) in [5.41, 5.74) is 5.31. The summed E-state index contributed by atoms with van der Waals surface area (Å²) in [6.07, 6.45) is -1.09. The lowest BCUT2D eigenvalue weighted by Gasteiger charge is -2.37. The van der Waals surface area contributed by atoms with Gasteiger partial charge in [-0.05, 0) is 11.8 Å². The molecule has 0 aromatic rings. The van der Waals surface area contributed by atoms with E-state index in [4.69, 9.17) is 15.6 Å². The van der Waals surface area contributed by atoms with E-state index in [1.54, 1.807) is 20.9 Å². The minimum Gasteiger partial charge on any atom is -0.465 e. The number of nitrogens with one attached hydrogen (secondary N) is 1. The number of ether oxygens (including phenoxy) is 1. The van der Waals surface area contributed by atoms with Crippen LogP contribution in [0.15, 0.2) is 0 Å². The maximum Gasteiger partial charge on any atom is 0.407 e. The molecule has 0 rings (SSSR count). The Labute approximate surface area is 172 Å². The molecular formula is C19H36N4O6. The Bertz CT molecular complexity index is 583. The van der Waals surface area contributed by atoms with Gasteiger partial charge in [-0.3, -0.25) is 19.3 Å². The smallest absolute Gasteiger partial charge is 0.407 e. The largest absolute Gasteiger partial charge is 0.465 e. The molecule has 0 aliphatic carbocycles. The van der Waals surface area contributed by atoms with Crippen LogP contribution < -0.4 is 11.1 Å². The van der Waals surface area contributed by atoms with Crippen molar-refractivity contribution in [1.29, 1.82) is 0 Å². The van der Waals surface area contributed by atoms with Crippen LogP contribution in [0.4, 0.5) is 4.79 Å². The summed E-state index contributed by atoms with van der Waals surface area (Å²) < 4.78 is 5.42. The molecule has 4 atom stereocenters. The van der Waals surface area contributed by atoms with E-state index in [9.17, 15) is 19.2 Å². The van der Waals surface area contributed by atoms with Crippen molar-refractivity contribution in [3.63, 3.8) is 0 Å². The van der Waals surface area contributed by atoms with E-state index in [0.29, 0.717) is 0 Å². The third-order valence-corrected chi connectivity index (χ3v) is 5.19. The topological polar surface area (TPSA) is 142 Å². The van der Waals surface area contributed by atoms with Gasteiger partial charge in [0, 0.05) is 21.2 Å². The number of rotatable bonds is 12. The minimum absolute atomic E-state index is 0.0190. The van der Waals surface area contributed by atoms with Crippen LogP contribution in [0.3, 0.4) is 0 Å². The summed E-state index contributed by atoms with van der Waals surface area (Å²) in [5, 5.41) is 11.7. The van der Waals surface area contributed by atoms with E-state index in [1.165, 1.54) is 19.1 Å². The summed E-state index contributed by atoms with van der Waals surface area (Å²) in [6.45, 7) is 7.06. The van der Waals surface area contributed by atoms with Gasteiger partial charge in [0.25, 0.3) is 0 Å². The molecule has 29 heavy (non-hydrogen) atoms. The number of amides is 4. The lowest BCUT2D eigenvalue weighted by molar-refractivity contribution is -0.139. The molecule has 0 unspecified atom stereocenters. The Hall–Kier alpha value is -2.36. The summed E-state index contributed by atoms with van der Waals surface area (Å²) in [5.74, 6) is -1.71. The molecule has 0 aliphatic heterocycles. The van der Waals surface area contributed by atoms with Crippen LogP contribution in [0, 0.1) is 11.8 Å². The van der Waals surface area contributed by atoms with Gasteiger partial charge in [-0.15, -0.1) is 0 Å². The van der Waals surface area contributed by atoms with E-state index >= 15 is 0 Å². The van der Waals surface area contributed by atoms with Gasteiger partial charge in [0.05, 0.1) is 25.1 Å². The molecule has 0 aromatic heterocycles. The predicted molar refractivity (Wildman–Crippen MR) is 108 cm³/mol. The van der Waals surface area contributed by atoms with Gasteiger partial charge >= 0.3 is 6.09 Å². The van der Waals surface area contributed by atoms with Gasteiger partial charge in [0.2, 0.25) is 17.7 Å². The van der Waals surface area contributed by atoms with E-state index in [0.717, 1.165) is 11.3 Å². The summed E-state index contributed by atoms with van der Waals surface area (Å²) >= 11 is 0. The first-order chi connectivity index (χ1) is 13.4. The number of hydrogen-bond acceptors (Lipinski definition) is 5. The zero-order chi connectivity index (χ0) is 22.9. The van der Waals surface area contributed by atoms with Gasteiger partial charge in [0.15, 0.2) is 0 Å². The molecule has 10 nitrogen and oxygen atoms in total. The highest BCUT2D eigenvalue weighted by Crippen LogP contribution is 2.21. The molecule has 4 amide bonds. The highest BCUT2D eigenvalue weighted by Gasteiger charge is 2.34. The molecular weight excluding hydrogens is 380 g/mol. The Balaban J connectivity index is 5.29. The van der Waals surface area contributed by atoms with Crippen molar-refractivity contribution in [3.05, 3.63) is 0 Å². The first-order valence-electron chi connectivity index (χ1n) is 9.69. The van der Waals surface area contributed by atoms with E-state index < -0.39 is 36.1 Å². The predicted octanol–water partition coefficient (Wildman–Crippen LogP) is 0.501. The molecule has 4 N–H and O–H groups in total. The van der Waals surface area contributed by atoms with Crippen molar-refractivity contribution in [3.8, 4) is 0 Å². The number of hydrogen-bond donors (Lipinski definition) is 3. The van der Waals surface area contributed by atoms with E-state index in [1.807, 2.05) is 13.8 Å². The average Bonchev–Trinajstić information content (AvgIpc) is 2.64. The summed E-state index contributed by atoms with van der Waals surface area (Å²) in [7, 11) is 4.35. The second-order valence-corrected chi connectivity index (χ2v) is 7.63. The molecule has 0 fully saturated rings. The second kappa shape index (κ2) is 12.3. The molecule has 0 bridgehead atoms. The van der Waals surface area contributed by atoms with Gasteiger partial charge in [-0.1, -0.05) is 34.1 Å². The fraction of sp³-hybridized carbons (Fsp3) is 0.789. The maximum atomic E-state index is 12.7. The fourth-order valence-corrected chi connectivity index (χ4v) is 3.38. The van der Waals surface area contributed by atoms with Crippen molar-refractivity contribution in [2.75, 3.05) is 27.7 Å². The van der Waals surface area contributed by atoms with Crippen molar-refractivity contribution in [2.24, 2.45) is 17.6 Å². The molecule has 0 saturated heterocycles. The Morgan fingerprint density at radius 1 is 1.10 bits per heavy atom. The van der Waals surface area contributed by atoms with Crippen LogP contribution in [-0.4, -0.2) is 84.7 Å². The Morgan fingerprint density at radius 2 is 1.66 bits per heavy atom. The van der Waals surface area contributed by atoms with Crippen molar-refractivity contribution in [1.82, 2.24) is 15.1 Å². The number of nitrogens with two attached hydrogens (primary N) is 1. The van der Waals surface area contributed by atoms with Gasteiger partial charge in [-0.25, -0.2) is 4.79 Å². The molecule has 0 aliphatic rings. The number of likely N-dealkylation sites (N-methyl/N-ethyl adjacent to an activating group) is 2. The number of primary amides is 1. The lowest BCUT2D eigenvalue weighted by Crippen LogP contribution is -2.55.